The summed E-state index contributed by atoms with van der Waals surface area (Å²) in [6.45, 7) is 1.97. The van der Waals surface area contributed by atoms with Gasteiger partial charge in [-0.15, -0.1) is 0 Å². The lowest BCUT2D eigenvalue weighted by Gasteiger charge is -2.09. The van der Waals surface area contributed by atoms with E-state index >= 15 is 0 Å². The first-order valence-electron chi connectivity index (χ1n) is 6.51. The van der Waals surface area contributed by atoms with Crippen LogP contribution in [0.5, 0.6) is 17.4 Å². The fraction of sp³-hybridized carbons (Fsp3) is 0.267. The second-order valence-corrected chi connectivity index (χ2v) is 4.22. The minimum atomic E-state index is 0.420. The number of rotatable bonds is 5. The van der Waals surface area contributed by atoms with Crippen LogP contribution >= 0.6 is 0 Å². The molecule has 1 N–H and O–H groups in total. The molecule has 0 aliphatic heterocycles. The summed E-state index contributed by atoms with van der Waals surface area (Å²) < 4.78 is 10.9. The Morgan fingerprint density at radius 2 is 1.95 bits per heavy atom. The molecule has 0 aliphatic carbocycles. The minimum absolute atomic E-state index is 0.420. The molecule has 2 rings (SSSR count). The van der Waals surface area contributed by atoms with Crippen LogP contribution in [0, 0.1) is 11.3 Å². The number of ether oxygens (including phenoxy) is 2. The van der Waals surface area contributed by atoms with Crippen LogP contribution in [0.15, 0.2) is 24.3 Å². The maximum atomic E-state index is 9.02. The lowest BCUT2D eigenvalue weighted by Crippen LogP contribution is -2.01. The monoisotopic (exact) mass is 284 g/mol. The third-order valence-corrected chi connectivity index (χ3v) is 2.79. The molecule has 0 amide bonds. The fourth-order valence-corrected chi connectivity index (χ4v) is 1.75. The Morgan fingerprint density at radius 1 is 1.19 bits per heavy atom. The molecular weight excluding hydrogens is 268 g/mol. The number of aryl methyl sites for hydroxylation is 1. The molecular formula is C15H16N4O2. The van der Waals surface area contributed by atoms with Crippen molar-refractivity contribution in [1.82, 2.24) is 9.97 Å². The van der Waals surface area contributed by atoms with Crippen molar-refractivity contribution in [3.05, 3.63) is 35.7 Å². The number of nitriles is 1. The normalized spacial score (nSPS) is 9.81. The van der Waals surface area contributed by atoms with Crippen molar-refractivity contribution in [1.29, 1.82) is 5.26 Å². The lowest BCUT2D eigenvalue weighted by molar-refractivity contribution is 0.407. The zero-order valence-corrected chi connectivity index (χ0v) is 12.2. The molecule has 1 heterocycles. The van der Waals surface area contributed by atoms with Crippen LogP contribution in [0.1, 0.15) is 18.3 Å². The Balaban J connectivity index is 2.35. The van der Waals surface area contributed by atoms with Gasteiger partial charge in [-0.1, -0.05) is 6.92 Å². The van der Waals surface area contributed by atoms with E-state index in [1.165, 1.54) is 0 Å². The van der Waals surface area contributed by atoms with Crippen LogP contribution < -0.4 is 14.8 Å². The molecule has 0 atom stereocenters. The first kappa shape index (κ1) is 14.6. The topological polar surface area (TPSA) is 80.1 Å². The number of nitrogens with one attached hydrogen (secondary N) is 1. The smallest absolute Gasteiger partial charge is 0.224 e. The van der Waals surface area contributed by atoms with Crippen LogP contribution in [-0.4, -0.2) is 24.1 Å². The van der Waals surface area contributed by atoms with Crippen molar-refractivity contribution in [2.24, 2.45) is 0 Å². The lowest BCUT2D eigenvalue weighted by atomic mass is 10.2. The molecule has 1 aromatic carbocycles. The van der Waals surface area contributed by atoms with E-state index in [1.807, 2.05) is 6.92 Å². The van der Waals surface area contributed by atoms with Crippen LogP contribution in [0.4, 0.5) is 5.82 Å². The van der Waals surface area contributed by atoms with Gasteiger partial charge in [-0.05, 0) is 12.1 Å². The molecule has 0 saturated carbocycles. The second kappa shape index (κ2) is 6.57. The van der Waals surface area contributed by atoms with E-state index in [2.05, 4.69) is 21.4 Å². The zero-order chi connectivity index (χ0) is 15.2. The Morgan fingerprint density at radius 3 is 2.57 bits per heavy atom. The first-order chi connectivity index (χ1) is 10.2. The molecule has 1 aromatic heterocycles. The molecule has 0 unspecified atom stereocenters. The summed E-state index contributed by atoms with van der Waals surface area (Å²) >= 11 is 0. The van der Waals surface area contributed by atoms with Gasteiger partial charge >= 0.3 is 0 Å². The van der Waals surface area contributed by atoms with Crippen molar-refractivity contribution in [2.75, 3.05) is 19.5 Å². The van der Waals surface area contributed by atoms with Gasteiger partial charge < -0.3 is 14.8 Å². The second-order valence-electron chi connectivity index (χ2n) is 4.22. The summed E-state index contributed by atoms with van der Waals surface area (Å²) in [5.74, 6) is 2.83. The quantitative estimate of drug-likeness (QED) is 0.909. The molecule has 0 spiro atoms. The third kappa shape index (κ3) is 3.60. The van der Waals surface area contributed by atoms with Gasteiger partial charge in [-0.3, -0.25) is 0 Å². The molecule has 6 heteroatoms. The highest BCUT2D eigenvalue weighted by Gasteiger charge is 2.07. The van der Waals surface area contributed by atoms with Crippen LogP contribution in [0.25, 0.3) is 0 Å². The molecule has 0 aliphatic rings. The largest absolute Gasteiger partial charge is 0.497 e. The standard InChI is InChI=1S/C15H16N4O2/c1-4-13-18-14(17-2)8-15(19-13)21-12-6-10(9-16)5-11(7-12)20-3/h5-8H,4H2,1-3H3,(H,17,18,19). The van der Waals surface area contributed by atoms with Gasteiger partial charge in [0.05, 0.1) is 18.7 Å². The van der Waals surface area contributed by atoms with Gasteiger partial charge in [0.15, 0.2) is 0 Å². The molecule has 0 bridgehead atoms. The first-order valence-corrected chi connectivity index (χ1v) is 6.51. The summed E-state index contributed by atoms with van der Waals surface area (Å²) in [5, 5.41) is 12.0. The van der Waals surface area contributed by atoms with E-state index < -0.39 is 0 Å². The number of anilines is 1. The number of nitrogens with zero attached hydrogens (tertiary/aromatic N) is 3. The number of hydrogen-bond donors (Lipinski definition) is 1. The summed E-state index contributed by atoms with van der Waals surface area (Å²) in [7, 11) is 3.32. The Labute approximate surface area is 123 Å². The number of aromatic nitrogens is 2. The molecule has 0 saturated heterocycles. The van der Waals surface area contributed by atoms with Gasteiger partial charge in [0.25, 0.3) is 0 Å². The predicted octanol–water partition coefficient (Wildman–Crippen LogP) is 2.75. The van der Waals surface area contributed by atoms with Crippen LogP contribution in [0.2, 0.25) is 0 Å². The number of benzene rings is 1. The van der Waals surface area contributed by atoms with E-state index in [-0.39, 0.29) is 0 Å². The SMILES string of the molecule is CCc1nc(NC)cc(Oc2cc(C#N)cc(OC)c2)n1. The molecule has 108 valence electrons. The van der Waals surface area contributed by atoms with Gasteiger partial charge in [0.1, 0.15) is 23.1 Å². The summed E-state index contributed by atoms with van der Waals surface area (Å²) in [5.41, 5.74) is 0.461. The highest BCUT2D eigenvalue weighted by atomic mass is 16.5. The average molecular weight is 284 g/mol. The maximum absolute atomic E-state index is 9.02. The van der Waals surface area contributed by atoms with E-state index in [1.54, 1.807) is 38.4 Å². The summed E-state index contributed by atoms with van der Waals surface area (Å²) in [4.78, 5) is 8.61. The van der Waals surface area contributed by atoms with Crippen molar-refractivity contribution in [3.63, 3.8) is 0 Å². The summed E-state index contributed by atoms with van der Waals surface area (Å²) in [6, 6.07) is 8.75. The summed E-state index contributed by atoms with van der Waals surface area (Å²) in [6.07, 6.45) is 0.702. The Bertz CT molecular complexity index is 658. The minimum Gasteiger partial charge on any atom is -0.497 e. The number of hydrogen-bond acceptors (Lipinski definition) is 6. The fourth-order valence-electron chi connectivity index (χ4n) is 1.75. The van der Waals surface area contributed by atoms with Gasteiger partial charge in [-0.2, -0.15) is 10.2 Å². The maximum Gasteiger partial charge on any atom is 0.224 e. The molecule has 0 radical (unpaired) electrons. The number of methoxy groups -OCH3 is 1. The Hall–Kier alpha value is -2.81. The Kier molecular flexibility index (Phi) is 4.57. The zero-order valence-electron chi connectivity index (χ0n) is 12.2. The van der Waals surface area contributed by atoms with E-state index in [0.29, 0.717) is 41.0 Å². The van der Waals surface area contributed by atoms with Crippen LogP contribution in [0.3, 0.4) is 0 Å². The molecule has 2 aromatic rings. The van der Waals surface area contributed by atoms with Crippen molar-refractivity contribution in [2.45, 2.75) is 13.3 Å². The highest BCUT2D eigenvalue weighted by Crippen LogP contribution is 2.27. The molecule has 21 heavy (non-hydrogen) atoms. The van der Waals surface area contributed by atoms with E-state index in [0.717, 1.165) is 0 Å². The van der Waals surface area contributed by atoms with Crippen molar-refractivity contribution >= 4 is 5.82 Å². The van der Waals surface area contributed by atoms with Gasteiger partial charge in [0.2, 0.25) is 5.88 Å². The van der Waals surface area contributed by atoms with E-state index in [9.17, 15) is 0 Å². The molecule has 6 nitrogen and oxygen atoms in total. The predicted molar refractivity (Wildman–Crippen MR) is 78.7 cm³/mol. The average Bonchev–Trinajstić information content (AvgIpc) is 2.53. The third-order valence-electron chi connectivity index (χ3n) is 2.79. The molecule has 0 fully saturated rings. The van der Waals surface area contributed by atoms with Crippen LogP contribution in [-0.2, 0) is 6.42 Å². The van der Waals surface area contributed by atoms with Crippen molar-refractivity contribution in [3.8, 4) is 23.4 Å². The van der Waals surface area contributed by atoms with Gasteiger partial charge in [-0.25, -0.2) is 4.98 Å². The highest BCUT2D eigenvalue weighted by molar-refractivity contribution is 5.46. The van der Waals surface area contributed by atoms with Gasteiger partial charge in [0, 0.05) is 25.6 Å². The van der Waals surface area contributed by atoms with E-state index in [4.69, 9.17) is 14.7 Å². The van der Waals surface area contributed by atoms with Crippen molar-refractivity contribution < 1.29 is 9.47 Å².